The van der Waals surface area contributed by atoms with E-state index in [1.54, 1.807) is 12.1 Å². The van der Waals surface area contributed by atoms with Gasteiger partial charge in [-0.2, -0.15) is 0 Å². The summed E-state index contributed by atoms with van der Waals surface area (Å²) in [5, 5.41) is -0.0661. The van der Waals surface area contributed by atoms with Gasteiger partial charge in [0.05, 0.1) is 18.3 Å². The maximum atomic E-state index is 13.1. The number of carbonyl (C=O) groups excluding carboxylic acids is 2. The molecule has 0 spiro atoms. The summed E-state index contributed by atoms with van der Waals surface area (Å²) >= 11 is 0. The molecule has 0 radical (unpaired) electrons. The van der Waals surface area contributed by atoms with Crippen LogP contribution >= 0.6 is 0 Å². The molecule has 2 atom stereocenters. The van der Waals surface area contributed by atoms with Crippen molar-refractivity contribution in [2.24, 2.45) is 0 Å². The van der Waals surface area contributed by atoms with Gasteiger partial charge in [-0.25, -0.2) is 4.79 Å². The second-order valence-electron chi connectivity index (χ2n) is 11.8. The lowest BCUT2D eigenvalue weighted by Gasteiger charge is -2.44. The van der Waals surface area contributed by atoms with Crippen LogP contribution in [0.3, 0.4) is 0 Å². The zero-order valence-corrected chi connectivity index (χ0v) is 24.7. The first-order valence-electron chi connectivity index (χ1n) is 12.0. The first kappa shape index (κ1) is 29.7. The summed E-state index contributed by atoms with van der Waals surface area (Å²) in [6.45, 7) is 23.7. The van der Waals surface area contributed by atoms with Gasteiger partial charge in [0.15, 0.2) is 22.4 Å². The Bertz CT molecular complexity index is 776. The van der Waals surface area contributed by atoms with Gasteiger partial charge in [0, 0.05) is 12.8 Å². The predicted molar refractivity (Wildman–Crippen MR) is 141 cm³/mol. The summed E-state index contributed by atoms with van der Waals surface area (Å²) in [6, 6.07) is 8.94. The van der Waals surface area contributed by atoms with Gasteiger partial charge in [0.1, 0.15) is 6.10 Å². The zero-order chi connectivity index (χ0) is 25.7. The van der Waals surface area contributed by atoms with Crippen molar-refractivity contribution in [1.82, 2.24) is 0 Å². The fraction of sp³-hybridized carbons (Fsp3) is 0.692. The monoisotopic (exact) mass is 494 g/mol. The van der Waals surface area contributed by atoms with E-state index in [-0.39, 0.29) is 28.4 Å². The van der Waals surface area contributed by atoms with Crippen molar-refractivity contribution in [2.45, 2.75) is 110 Å². The molecule has 1 rings (SSSR count). The Kier molecular flexibility index (Phi) is 10.3. The Balaban J connectivity index is 3.18. The number of carbonyl (C=O) groups is 2. The van der Waals surface area contributed by atoms with Crippen molar-refractivity contribution in [1.29, 1.82) is 0 Å². The second-order valence-corrected chi connectivity index (χ2v) is 21.3. The Morgan fingerprint density at radius 1 is 0.848 bits per heavy atom. The molecule has 1 aromatic carbocycles. The number of ether oxygens (including phenoxy) is 1. The number of hydrogen-bond donors (Lipinski definition) is 0. The van der Waals surface area contributed by atoms with Gasteiger partial charge >= 0.3 is 5.97 Å². The van der Waals surface area contributed by atoms with E-state index in [0.717, 1.165) is 0 Å². The van der Waals surface area contributed by atoms with Crippen molar-refractivity contribution in [2.75, 3.05) is 6.61 Å². The minimum Gasteiger partial charge on any atom is -0.462 e. The maximum absolute atomic E-state index is 13.1. The molecule has 0 heterocycles. The van der Waals surface area contributed by atoms with Crippen molar-refractivity contribution in [3.8, 4) is 0 Å². The van der Waals surface area contributed by atoms with Gasteiger partial charge < -0.3 is 13.6 Å². The molecule has 0 aromatic heterocycles. The SMILES string of the molecule is CCC(=O)[C@H](O[Si](C)(C)C(C)(C)C)[C@H](CCOC(=O)c1ccccc1)O[Si](C)(C)C(C)(C)C. The number of hydrogen-bond acceptors (Lipinski definition) is 5. The van der Waals surface area contributed by atoms with Crippen LogP contribution in [0, 0.1) is 0 Å². The largest absolute Gasteiger partial charge is 0.462 e. The third kappa shape index (κ3) is 8.46. The first-order valence-corrected chi connectivity index (χ1v) is 17.8. The Morgan fingerprint density at radius 3 is 1.79 bits per heavy atom. The van der Waals surface area contributed by atoms with Crippen LogP contribution in [0.5, 0.6) is 0 Å². The molecule has 33 heavy (non-hydrogen) atoms. The van der Waals surface area contributed by atoms with Crippen LogP contribution in [-0.4, -0.2) is 47.2 Å². The molecule has 0 aliphatic carbocycles. The molecule has 1 aromatic rings. The van der Waals surface area contributed by atoms with Crippen LogP contribution < -0.4 is 0 Å². The van der Waals surface area contributed by atoms with E-state index in [1.807, 2.05) is 25.1 Å². The standard InChI is InChI=1S/C26H46O5Si2/c1-12-21(27)23(31-33(10,11)26(5,6)7)22(30-32(8,9)25(2,3)4)18-19-29-24(28)20-16-14-13-15-17-20/h13-17,22-23H,12,18-19H2,1-11H3/t22-,23-/m0/s1. The van der Waals surface area contributed by atoms with E-state index in [4.69, 9.17) is 13.6 Å². The van der Waals surface area contributed by atoms with Gasteiger partial charge in [-0.1, -0.05) is 66.7 Å². The Hall–Kier alpha value is -1.29. The van der Waals surface area contributed by atoms with Crippen molar-refractivity contribution >= 4 is 28.4 Å². The number of Topliss-reactive ketones (excluding diaryl/α,β-unsaturated/α-hetero) is 1. The predicted octanol–water partition coefficient (Wildman–Crippen LogP) is 6.99. The van der Waals surface area contributed by atoms with E-state index < -0.39 is 28.8 Å². The minimum absolute atomic E-state index is 0.0250. The van der Waals surface area contributed by atoms with E-state index >= 15 is 0 Å². The molecule has 0 fully saturated rings. The van der Waals surface area contributed by atoms with Crippen LogP contribution in [0.15, 0.2) is 30.3 Å². The molecule has 0 saturated carbocycles. The summed E-state index contributed by atoms with van der Waals surface area (Å²) in [4.78, 5) is 25.6. The lowest BCUT2D eigenvalue weighted by atomic mass is 10.1. The highest BCUT2D eigenvalue weighted by molar-refractivity contribution is 6.74. The second kappa shape index (κ2) is 11.4. The molecule has 0 saturated heterocycles. The van der Waals surface area contributed by atoms with Gasteiger partial charge in [-0.15, -0.1) is 0 Å². The highest BCUT2D eigenvalue weighted by Crippen LogP contribution is 2.41. The van der Waals surface area contributed by atoms with Crippen LogP contribution in [0.25, 0.3) is 0 Å². The highest BCUT2D eigenvalue weighted by atomic mass is 28.4. The number of benzene rings is 1. The fourth-order valence-corrected chi connectivity index (χ4v) is 5.42. The Labute approximate surface area is 203 Å². The average Bonchev–Trinajstić information content (AvgIpc) is 2.69. The van der Waals surface area contributed by atoms with Gasteiger partial charge in [-0.3, -0.25) is 4.79 Å². The molecular weight excluding hydrogens is 448 g/mol. The minimum atomic E-state index is -2.24. The van der Waals surface area contributed by atoms with E-state index in [0.29, 0.717) is 18.4 Å². The highest BCUT2D eigenvalue weighted by Gasteiger charge is 2.46. The molecular formula is C26H46O5Si2. The topological polar surface area (TPSA) is 61.8 Å². The van der Waals surface area contributed by atoms with Crippen molar-refractivity contribution in [3.05, 3.63) is 35.9 Å². The number of esters is 1. The molecule has 0 amide bonds. The lowest BCUT2D eigenvalue weighted by Crippen LogP contribution is -2.54. The van der Waals surface area contributed by atoms with Crippen LogP contribution in [-0.2, 0) is 18.4 Å². The van der Waals surface area contributed by atoms with E-state index in [9.17, 15) is 9.59 Å². The smallest absolute Gasteiger partial charge is 0.338 e. The van der Waals surface area contributed by atoms with Crippen LogP contribution in [0.4, 0.5) is 0 Å². The number of rotatable bonds is 11. The summed E-state index contributed by atoms with van der Waals surface area (Å²) in [5.41, 5.74) is 0.512. The van der Waals surface area contributed by atoms with Crippen molar-refractivity contribution < 1.29 is 23.2 Å². The molecule has 0 aliphatic rings. The molecule has 5 nitrogen and oxygen atoms in total. The number of ketones is 1. The molecule has 0 aliphatic heterocycles. The normalized spacial score (nSPS) is 15.1. The van der Waals surface area contributed by atoms with Crippen molar-refractivity contribution in [3.63, 3.8) is 0 Å². The zero-order valence-electron chi connectivity index (χ0n) is 22.7. The van der Waals surface area contributed by atoms with Crippen LogP contribution in [0.2, 0.25) is 36.3 Å². The van der Waals surface area contributed by atoms with Gasteiger partial charge in [0.2, 0.25) is 0 Å². The average molecular weight is 495 g/mol. The molecule has 0 N–H and O–H groups in total. The van der Waals surface area contributed by atoms with Gasteiger partial charge in [-0.05, 0) is 48.4 Å². The van der Waals surface area contributed by atoms with E-state index in [1.165, 1.54) is 0 Å². The molecule has 188 valence electrons. The third-order valence-corrected chi connectivity index (χ3v) is 16.1. The van der Waals surface area contributed by atoms with E-state index in [2.05, 4.69) is 67.7 Å². The van der Waals surface area contributed by atoms with Crippen LogP contribution in [0.1, 0.15) is 71.7 Å². The third-order valence-electron chi connectivity index (χ3n) is 7.13. The van der Waals surface area contributed by atoms with Gasteiger partial charge in [0.25, 0.3) is 0 Å². The summed E-state index contributed by atoms with van der Waals surface area (Å²) in [7, 11) is -4.45. The quantitative estimate of drug-likeness (QED) is 0.245. The maximum Gasteiger partial charge on any atom is 0.338 e. The summed E-state index contributed by atoms with van der Waals surface area (Å²) < 4.78 is 19.0. The summed E-state index contributed by atoms with van der Waals surface area (Å²) in [6.07, 6.45) is -0.340. The molecule has 7 heteroatoms. The molecule has 0 bridgehead atoms. The fourth-order valence-electron chi connectivity index (χ4n) is 2.80. The Morgan fingerprint density at radius 2 is 1.33 bits per heavy atom. The summed E-state index contributed by atoms with van der Waals surface area (Å²) in [5.74, 6) is -0.330. The first-order chi connectivity index (χ1) is 14.9. The molecule has 0 unspecified atom stereocenters. The lowest BCUT2D eigenvalue weighted by molar-refractivity contribution is -0.131.